The van der Waals surface area contributed by atoms with Crippen LogP contribution < -0.4 is 5.32 Å². The highest BCUT2D eigenvalue weighted by Gasteiger charge is 2.31. The van der Waals surface area contributed by atoms with Crippen molar-refractivity contribution in [3.8, 4) is 0 Å². The number of hydrogen-bond donors (Lipinski definition) is 1. The topological polar surface area (TPSA) is 53.9 Å². The SMILES string of the molecule is CC(C)N1CCC[C@H]1c1nccnc1Nc1nccs1. The molecule has 0 aliphatic carbocycles. The Morgan fingerprint density at radius 2 is 2.10 bits per heavy atom. The van der Waals surface area contributed by atoms with Crippen LogP contribution >= 0.6 is 11.3 Å². The van der Waals surface area contributed by atoms with Crippen molar-refractivity contribution in [1.82, 2.24) is 19.9 Å². The van der Waals surface area contributed by atoms with E-state index in [-0.39, 0.29) is 0 Å². The summed E-state index contributed by atoms with van der Waals surface area (Å²) >= 11 is 1.57. The monoisotopic (exact) mass is 289 g/mol. The third kappa shape index (κ3) is 2.66. The minimum absolute atomic E-state index is 0.353. The molecule has 1 fully saturated rings. The lowest BCUT2D eigenvalue weighted by Gasteiger charge is -2.28. The van der Waals surface area contributed by atoms with Gasteiger partial charge in [-0.3, -0.25) is 9.88 Å². The molecule has 5 nitrogen and oxygen atoms in total. The van der Waals surface area contributed by atoms with Crippen LogP contribution in [-0.2, 0) is 0 Å². The third-order valence-corrected chi connectivity index (χ3v) is 4.35. The Bertz CT molecular complexity index is 554. The molecule has 1 saturated heterocycles. The summed E-state index contributed by atoms with van der Waals surface area (Å²) in [5, 5.41) is 6.11. The van der Waals surface area contributed by atoms with Gasteiger partial charge in [0.05, 0.1) is 6.04 Å². The zero-order valence-corrected chi connectivity index (χ0v) is 12.6. The van der Waals surface area contributed by atoms with Gasteiger partial charge in [0.25, 0.3) is 0 Å². The zero-order chi connectivity index (χ0) is 13.9. The van der Waals surface area contributed by atoms with E-state index < -0.39 is 0 Å². The number of thiazole rings is 1. The van der Waals surface area contributed by atoms with Crippen molar-refractivity contribution >= 4 is 22.3 Å². The van der Waals surface area contributed by atoms with Crippen LogP contribution in [-0.4, -0.2) is 32.4 Å². The van der Waals surface area contributed by atoms with Crippen molar-refractivity contribution in [2.75, 3.05) is 11.9 Å². The molecular weight excluding hydrogens is 270 g/mol. The Morgan fingerprint density at radius 3 is 2.85 bits per heavy atom. The molecular formula is C14H19N5S. The smallest absolute Gasteiger partial charge is 0.188 e. The summed E-state index contributed by atoms with van der Waals surface area (Å²) in [5.74, 6) is 0.833. The molecule has 0 unspecified atom stereocenters. The lowest BCUT2D eigenvalue weighted by molar-refractivity contribution is 0.202. The number of rotatable bonds is 4. The Balaban J connectivity index is 1.89. The van der Waals surface area contributed by atoms with Crippen LogP contribution in [0.3, 0.4) is 0 Å². The van der Waals surface area contributed by atoms with E-state index in [0.717, 1.165) is 29.6 Å². The fourth-order valence-electron chi connectivity index (χ4n) is 2.78. The highest BCUT2D eigenvalue weighted by atomic mass is 32.1. The summed E-state index contributed by atoms with van der Waals surface area (Å²) in [6, 6.07) is 0.878. The van der Waals surface area contributed by atoms with E-state index in [0.29, 0.717) is 12.1 Å². The molecule has 0 bridgehead atoms. The predicted octanol–water partition coefficient (Wildman–Crippen LogP) is 3.22. The van der Waals surface area contributed by atoms with Gasteiger partial charge in [0.2, 0.25) is 0 Å². The van der Waals surface area contributed by atoms with E-state index in [9.17, 15) is 0 Å². The van der Waals surface area contributed by atoms with Gasteiger partial charge in [-0.25, -0.2) is 9.97 Å². The van der Waals surface area contributed by atoms with E-state index in [2.05, 4.69) is 39.0 Å². The van der Waals surface area contributed by atoms with Crippen LogP contribution in [0, 0.1) is 0 Å². The number of nitrogens with zero attached hydrogens (tertiary/aromatic N) is 4. The van der Waals surface area contributed by atoms with Crippen molar-refractivity contribution < 1.29 is 0 Å². The van der Waals surface area contributed by atoms with Crippen molar-refractivity contribution in [2.24, 2.45) is 0 Å². The first-order valence-electron chi connectivity index (χ1n) is 6.99. The quantitative estimate of drug-likeness (QED) is 0.936. The second-order valence-electron chi connectivity index (χ2n) is 5.24. The molecule has 1 aliphatic heterocycles. The van der Waals surface area contributed by atoms with Gasteiger partial charge in [-0.2, -0.15) is 0 Å². The van der Waals surface area contributed by atoms with Gasteiger partial charge in [0.1, 0.15) is 5.69 Å². The van der Waals surface area contributed by atoms with Crippen LogP contribution in [0.25, 0.3) is 0 Å². The zero-order valence-electron chi connectivity index (χ0n) is 11.8. The van der Waals surface area contributed by atoms with Crippen LogP contribution in [0.5, 0.6) is 0 Å². The van der Waals surface area contributed by atoms with E-state index >= 15 is 0 Å². The molecule has 1 aliphatic rings. The summed E-state index contributed by atoms with van der Waals surface area (Å²) in [4.78, 5) is 15.8. The summed E-state index contributed by atoms with van der Waals surface area (Å²) in [6.45, 7) is 5.61. The predicted molar refractivity (Wildman–Crippen MR) is 81.2 cm³/mol. The third-order valence-electron chi connectivity index (χ3n) is 3.66. The van der Waals surface area contributed by atoms with Gasteiger partial charge >= 0.3 is 0 Å². The lowest BCUT2D eigenvalue weighted by atomic mass is 10.1. The highest BCUT2D eigenvalue weighted by molar-refractivity contribution is 7.13. The van der Waals surface area contributed by atoms with Crippen molar-refractivity contribution in [3.05, 3.63) is 29.7 Å². The number of nitrogens with one attached hydrogen (secondary N) is 1. The second-order valence-corrected chi connectivity index (χ2v) is 6.14. The molecule has 0 radical (unpaired) electrons. The first-order valence-corrected chi connectivity index (χ1v) is 7.87. The van der Waals surface area contributed by atoms with Crippen LogP contribution in [0.15, 0.2) is 24.0 Å². The summed E-state index contributed by atoms with van der Waals surface area (Å²) in [7, 11) is 0. The van der Waals surface area contributed by atoms with Gasteiger partial charge in [0.15, 0.2) is 10.9 Å². The summed E-state index contributed by atoms with van der Waals surface area (Å²) in [5.41, 5.74) is 1.04. The largest absolute Gasteiger partial charge is 0.315 e. The lowest BCUT2D eigenvalue weighted by Crippen LogP contribution is -2.31. The molecule has 106 valence electrons. The second kappa shape index (κ2) is 5.85. The molecule has 0 spiro atoms. The van der Waals surface area contributed by atoms with E-state index in [1.165, 1.54) is 6.42 Å². The highest BCUT2D eigenvalue weighted by Crippen LogP contribution is 2.35. The normalized spacial score (nSPS) is 19.6. The Morgan fingerprint density at radius 1 is 1.25 bits per heavy atom. The molecule has 20 heavy (non-hydrogen) atoms. The number of hydrogen-bond acceptors (Lipinski definition) is 6. The van der Waals surface area contributed by atoms with Gasteiger partial charge in [-0.05, 0) is 33.2 Å². The molecule has 2 aromatic heterocycles. The van der Waals surface area contributed by atoms with Gasteiger partial charge in [-0.1, -0.05) is 0 Å². The number of likely N-dealkylation sites (tertiary alicyclic amines) is 1. The summed E-state index contributed by atoms with van der Waals surface area (Å²) in [6.07, 6.45) is 7.66. The molecule has 1 atom stereocenters. The average molecular weight is 289 g/mol. The number of aromatic nitrogens is 3. The van der Waals surface area contributed by atoms with Crippen LogP contribution in [0.4, 0.5) is 10.9 Å². The van der Waals surface area contributed by atoms with Crippen molar-refractivity contribution in [2.45, 2.75) is 38.8 Å². The summed E-state index contributed by atoms with van der Waals surface area (Å²) < 4.78 is 0. The maximum Gasteiger partial charge on any atom is 0.188 e. The van der Waals surface area contributed by atoms with Gasteiger partial charge in [0, 0.05) is 30.0 Å². The first kappa shape index (κ1) is 13.5. The molecule has 0 saturated carbocycles. The maximum atomic E-state index is 4.58. The molecule has 6 heteroatoms. The van der Waals surface area contributed by atoms with Crippen LogP contribution in [0.2, 0.25) is 0 Å². The molecule has 1 N–H and O–H groups in total. The fraction of sp³-hybridized carbons (Fsp3) is 0.500. The first-order chi connectivity index (χ1) is 9.75. The van der Waals surface area contributed by atoms with Crippen molar-refractivity contribution in [1.29, 1.82) is 0 Å². The minimum Gasteiger partial charge on any atom is -0.315 e. The molecule has 3 heterocycles. The molecule has 0 amide bonds. The molecule has 2 aromatic rings. The minimum atomic E-state index is 0.353. The Hall–Kier alpha value is -1.53. The fourth-order valence-corrected chi connectivity index (χ4v) is 3.30. The van der Waals surface area contributed by atoms with E-state index in [1.54, 1.807) is 29.9 Å². The van der Waals surface area contributed by atoms with Gasteiger partial charge in [-0.15, -0.1) is 11.3 Å². The Labute approximate surface area is 123 Å². The van der Waals surface area contributed by atoms with E-state index in [1.807, 2.05) is 5.38 Å². The molecule has 3 rings (SSSR count). The average Bonchev–Trinajstić information content (AvgIpc) is 3.09. The van der Waals surface area contributed by atoms with Gasteiger partial charge < -0.3 is 5.32 Å². The maximum absolute atomic E-state index is 4.58. The van der Waals surface area contributed by atoms with Crippen LogP contribution in [0.1, 0.15) is 38.4 Å². The van der Waals surface area contributed by atoms with E-state index in [4.69, 9.17) is 0 Å². The van der Waals surface area contributed by atoms with Crippen molar-refractivity contribution in [3.63, 3.8) is 0 Å². The number of anilines is 2. The standard InChI is InChI=1S/C14H19N5S/c1-10(2)19-8-3-4-11(19)12-13(16-6-5-15-12)18-14-17-7-9-20-14/h5-7,9-11H,3-4,8H2,1-2H3,(H,16,17,18)/t11-/m0/s1. The Kier molecular flexibility index (Phi) is 3.93. The molecule has 0 aromatic carbocycles.